The Morgan fingerprint density at radius 2 is 1.86 bits per heavy atom. The van der Waals surface area contributed by atoms with Gasteiger partial charge < -0.3 is 4.57 Å². The first-order valence-corrected chi connectivity index (χ1v) is 10.4. The summed E-state index contributed by atoms with van der Waals surface area (Å²) in [6.07, 6.45) is 0.406. The molecule has 28 heavy (non-hydrogen) atoms. The second-order valence-corrected chi connectivity index (χ2v) is 8.17. The summed E-state index contributed by atoms with van der Waals surface area (Å²) in [7, 11) is 0. The van der Waals surface area contributed by atoms with Crippen LogP contribution >= 0.6 is 27.3 Å². The summed E-state index contributed by atoms with van der Waals surface area (Å²) in [6.45, 7) is 2.67. The summed E-state index contributed by atoms with van der Waals surface area (Å²) in [4.78, 5) is 42.8. The highest BCUT2D eigenvalue weighted by Crippen LogP contribution is 2.26. The van der Waals surface area contributed by atoms with Gasteiger partial charge in [0.05, 0.1) is 15.9 Å². The lowest BCUT2D eigenvalue weighted by Gasteiger charge is -2.14. The molecular weight excluding hydrogens is 442 g/mol. The molecular formula is C20H16BrN3O3S. The molecule has 0 saturated carbocycles. The van der Waals surface area contributed by atoms with Gasteiger partial charge in [-0.05, 0) is 53.2 Å². The molecule has 3 aromatic rings. The average molecular weight is 458 g/mol. The van der Waals surface area contributed by atoms with Crippen LogP contribution in [-0.4, -0.2) is 22.3 Å². The Kier molecular flexibility index (Phi) is 4.99. The second kappa shape index (κ2) is 7.44. The molecule has 0 N–H and O–H groups in total. The maximum absolute atomic E-state index is 12.8. The molecule has 8 heteroatoms. The largest absolute Gasteiger partial charge is 0.316 e. The number of thiazole rings is 1. The fraction of sp³-hybridized carbons (Fsp3) is 0.200. The lowest BCUT2D eigenvalue weighted by Crippen LogP contribution is -2.28. The van der Waals surface area contributed by atoms with Gasteiger partial charge in [0.15, 0.2) is 4.80 Å². The molecule has 6 nitrogen and oxygen atoms in total. The molecule has 0 atom stereocenters. The number of imide groups is 1. The number of halogens is 1. The molecule has 1 aromatic heterocycles. The van der Waals surface area contributed by atoms with Crippen LogP contribution in [0.1, 0.15) is 30.1 Å². The molecule has 1 saturated heterocycles. The predicted octanol–water partition coefficient (Wildman–Crippen LogP) is 3.88. The molecule has 0 radical (unpaired) electrons. The van der Waals surface area contributed by atoms with Crippen molar-refractivity contribution in [2.75, 3.05) is 4.90 Å². The van der Waals surface area contributed by atoms with E-state index in [1.54, 1.807) is 24.3 Å². The fourth-order valence-electron chi connectivity index (χ4n) is 3.26. The smallest absolute Gasteiger partial charge is 0.279 e. The first kappa shape index (κ1) is 18.8. The Balaban J connectivity index is 1.76. The number of benzene rings is 2. The van der Waals surface area contributed by atoms with E-state index in [0.29, 0.717) is 22.6 Å². The number of rotatable bonds is 3. The van der Waals surface area contributed by atoms with Crippen LogP contribution in [0, 0.1) is 0 Å². The van der Waals surface area contributed by atoms with E-state index in [2.05, 4.69) is 20.9 Å². The number of amides is 3. The standard InChI is InChI=1S/C20H16BrN3O3S/c1-2-23-18-14(21)7-4-8-15(18)28-20(23)22-19(27)12-5-3-6-13(11-12)24-16(25)9-10-17(24)26/h3-8,11H,2,9-10H2,1H3. The van der Waals surface area contributed by atoms with Gasteiger partial charge in [-0.25, -0.2) is 0 Å². The third-order valence-corrected chi connectivity index (χ3v) is 6.25. The summed E-state index contributed by atoms with van der Waals surface area (Å²) in [5.74, 6) is -0.903. The number of hydrogen-bond donors (Lipinski definition) is 0. The van der Waals surface area contributed by atoms with E-state index in [4.69, 9.17) is 0 Å². The molecule has 0 bridgehead atoms. The van der Waals surface area contributed by atoms with E-state index in [-0.39, 0.29) is 24.7 Å². The highest BCUT2D eigenvalue weighted by Gasteiger charge is 2.30. The molecule has 142 valence electrons. The summed E-state index contributed by atoms with van der Waals surface area (Å²) in [6, 6.07) is 12.4. The van der Waals surface area contributed by atoms with Crippen LogP contribution in [0.25, 0.3) is 10.2 Å². The maximum Gasteiger partial charge on any atom is 0.279 e. The molecule has 2 heterocycles. The fourth-order valence-corrected chi connectivity index (χ4v) is 5.09. The Morgan fingerprint density at radius 1 is 1.14 bits per heavy atom. The lowest BCUT2D eigenvalue weighted by molar-refractivity contribution is -0.121. The normalized spacial score (nSPS) is 15.1. The molecule has 1 aliphatic rings. The SMILES string of the molecule is CCn1c(=NC(=O)c2cccc(N3C(=O)CCC3=O)c2)sc2cccc(Br)c21. The zero-order valence-electron chi connectivity index (χ0n) is 15.0. The maximum atomic E-state index is 12.8. The van der Waals surface area contributed by atoms with Crippen molar-refractivity contribution in [2.45, 2.75) is 26.3 Å². The van der Waals surface area contributed by atoms with Gasteiger partial charge in [-0.1, -0.05) is 23.5 Å². The van der Waals surface area contributed by atoms with Gasteiger partial charge in [0.25, 0.3) is 5.91 Å². The van der Waals surface area contributed by atoms with Gasteiger partial charge in [-0.2, -0.15) is 4.99 Å². The number of hydrogen-bond acceptors (Lipinski definition) is 4. The van der Waals surface area contributed by atoms with Crippen LogP contribution in [0.5, 0.6) is 0 Å². The van der Waals surface area contributed by atoms with Crippen molar-refractivity contribution in [3.05, 3.63) is 57.3 Å². The van der Waals surface area contributed by atoms with E-state index < -0.39 is 5.91 Å². The minimum absolute atomic E-state index is 0.203. The van der Waals surface area contributed by atoms with Crippen molar-refractivity contribution in [1.82, 2.24) is 4.57 Å². The minimum Gasteiger partial charge on any atom is -0.316 e. The monoisotopic (exact) mass is 457 g/mol. The number of fused-ring (bicyclic) bond motifs is 1. The van der Waals surface area contributed by atoms with E-state index in [0.717, 1.165) is 19.6 Å². The molecule has 0 spiro atoms. The van der Waals surface area contributed by atoms with Gasteiger partial charge in [0.2, 0.25) is 11.8 Å². The molecule has 4 rings (SSSR count). The summed E-state index contributed by atoms with van der Waals surface area (Å²) < 4.78 is 3.97. The molecule has 0 unspecified atom stereocenters. The lowest BCUT2D eigenvalue weighted by atomic mass is 10.2. The van der Waals surface area contributed by atoms with Crippen molar-refractivity contribution >= 4 is 60.9 Å². The zero-order chi connectivity index (χ0) is 19.8. The number of para-hydroxylation sites is 1. The van der Waals surface area contributed by atoms with Crippen molar-refractivity contribution < 1.29 is 14.4 Å². The van der Waals surface area contributed by atoms with Crippen LogP contribution < -0.4 is 9.70 Å². The number of aromatic nitrogens is 1. The van der Waals surface area contributed by atoms with E-state index >= 15 is 0 Å². The van der Waals surface area contributed by atoms with Crippen molar-refractivity contribution in [3.8, 4) is 0 Å². The molecule has 2 aromatic carbocycles. The number of aryl methyl sites for hydroxylation is 1. The average Bonchev–Trinajstić information content (AvgIpc) is 3.21. The number of anilines is 1. The van der Waals surface area contributed by atoms with Crippen LogP contribution in [0.4, 0.5) is 5.69 Å². The second-order valence-electron chi connectivity index (χ2n) is 6.31. The zero-order valence-corrected chi connectivity index (χ0v) is 17.4. The summed E-state index contributed by atoms with van der Waals surface area (Å²) >= 11 is 5.00. The van der Waals surface area contributed by atoms with Crippen molar-refractivity contribution in [2.24, 2.45) is 4.99 Å². The molecule has 0 aliphatic carbocycles. The Bertz CT molecular complexity index is 1180. The van der Waals surface area contributed by atoms with Gasteiger partial charge in [0.1, 0.15) is 0 Å². The predicted molar refractivity (Wildman–Crippen MR) is 111 cm³/mol. The number of carbonyl (C=O) groups is 3. The van der Waals surface area contributed by atoms with Gasteiger partial charge in [-0.15, -0.1) is 0 Å². The van der Waals surface area contributed by atoms with Crippen LogP contribution in [-0.2, 0) is 16.1 Å². The van der Waals surface area contributed by atoms with Gasteiger partial charge >= 0.3 is 0 Å². The number of carbonyl (C=O) groups excluding carboxylic acids is 3. The minimum atomic E-state index is -0.411. The first-order valence-electron chi connectivity index (χ1n) is 8.82. The van der Waals surface area contributed by atoms with E-state index in [1.807, 2.05) is 29.7 Å². The third-order valence-electron chi connectivity index (χ3n) is 4.57. The quantitative estimate of drug-likeness (QED) is 0.560. The van der Waals surface area contributed by atoms with Gasteiger partial charge in [0, 0.05) is 29.4 Å². The summed E-state index contributed by atoms with van der Waals surface area (Å²) in [5, 5.41) is 0. The van der Waals surface area contributed by atoms with E-state index in [9.17, 15) is 14.4 Å². The molecule has 1 aliphatic heterocycles. The third kappa shape index (κ3) is 3.22. The van der Waals surface area contributed by atoms with E-state index in [1.165, 1.54) is 11.3 Å². The van der Waals surface area contributed by atoms with Crippen LogP contribution in [0.2, 0.25) is 0 Å². The van der Waals surface area contributed by atoms with Gasteiger partial charge in [-0.3, -0.25) is 19.3 Å². The highest BCUT2D eigenvalue weighted by molar-refractivity contribution is 9.10. The topological polar surface area (TPSA) is 71.7 Å². The summed E-state index contributed by atoms with van der Waals surface area (Å²) in [5.41, 5.74) is 1.75. The first-order chi connectivity index (χ1) is 13.5. The Morgan fingerprint density at radius 3 is 2.57 bits per heavy atom. The molecule has 1 fully saturated rings. The van der Waals surface area contributed by atoms with Crippen LogP contribution in [0.3, 0.4) is 0 Å². The Hall–Kier alpha value is -2.58. The highest BCUT2D eigenvalue weighted by atomic mass is 79.9. The van der Waals surface area contributed by atoms with Crippen molar-refractivity contribution in [1.29, 1.82) is 0 Å². The van der Waals surface area contributed by atoms with Crippen molar-refractivity contribution in [3.63, 3.8) is 0 Å². The Labute approximate surface area is 173 Å². The van der Waals surface area contributed by atoms with Crippen LogP contribution in [0.15, 0.2) is 51.9 Å². The number of nitrogens with zero attached hydrogens (tertiary/aromatic N) is 3. The molecule has 3 amide bonds.